The number of hydrazine groups is 1. The summed E-state index contributed by atoms with van der Waals surface area (Å²) < 4.78 is 0. The van der Waals surface area contributed by atoms with E-state index in [0.29, 0.717) is 13.0 Å². The summed E-state index contributed by atoms with van der Waals surface area (Å²) in [4.78, 5) is 11.3. The minimum Gasteiger partial charge on any atom is -0.281 e. The van der Waals surface area contributed by atoms with Gasteiger partial charge in [-0.3, -0.25) is 9.80 Å². The molecule has 0 aliphatic heterocycles. The maximum atomic E-state index is 11.3. The van der Waals surface area contributed by atoms with Crippen LogP contribution in [0, 0.1) is 0 Å². The minimum absolute atomic E-state index is 0.0475. The molecule has 0 aliphatic carbocycles. The van der Waals surface area contributed by atoms with Gasteiger partial charge in [-0.05, 0) is 12.5 Å². The highest BCUT2D eigenvalue weighted by molar-refractivity contribution is 5.78. The van der Waals surface area contributed by atoms with Crippen molar-refractivity contribution in [2.24, 2.45) is 5.84 Å². The molecule has 0 heterocycles. The first-order valence-corrected chi connectivity index (χ1v) is 4.33. The summed E-state index contributed by atoms with van der Waals surface area (Å²) in [5.41, 5.74) is 0.997. The molecule has 70 valence electrons. The Bertz CT molecular complexity index is 272. The topological polar surface area (TPSA) is 46.3 Å². The van der Waals surface area contributed by atoms with Gasteiger partial charge in [0.2, 0.25) is 5.91 Å². The van der Waals surface area contributed by atoms with E-state index in [-0.39, 0.29) is 5.91 Å². The minimum atomic E-state index is -0.0475. The average Bonchev–Trinajstić information content (AvgIpc) is 2.18. The zero-order valence-electron chi connectivity index (χ0n) is 7.73. The van der Waals surface area contributed by atoms with Crippen molar-refractivity contribution in [1.82, 2.24) is 5.01 Å². The fourth-order valence-electron chi connectivity index (χ4n) is 1.05. The van der Waals surface area contributed by atoms with Crippen LogP contribution >= 0.6 is 0 Å². The first kappa shape index (κ1) is 9.74. The standard InChI is InChI=1S/C10H14N2O/c1-2-12(11)10(13)8-9-6-4-3-5-7-9/h3-7H,2,8,11H2,1H3. The van der Waals surface area contributed by atoms with Gasteiger partial charge < -0.3 is 0 Å². The maximum Gasteiger partial charge on any atom is 0.240 e. The molecule has 2 N–H and O–H groups in total. The van der Waals surface area contributed by atoms with Crippen molar-refractivity contribution in [2.75, 3.05) is 6.54 Å². The van der Waals surface area contributed by atoms with Crippen molar-refractivity contribution in [3.05, 3.63) is 35.9 Å². The van der Waals surface area contributed by atoms with Crippen LogP contribution in [0.5, 0.6) is 0 Å². The van der Waals surface area contributed by atoms with E-state index >= 15 is 0 Å². The molecule has 3 heteroatoms. The number of nitrogens with zero attached hydrogens (tertiary/aromatic N) is 1. The molecule has 0 atom stereocenters. The van der Waals surface area contributed by atoms with Crippen LogP contribution in [0.15, 0.2) is 30.3 Å². The molecule has 3 nitrogen and oxygen atoms in total. The SMILES string of the molecule is CCN(N)C(=O)Cc1ccccc1. The lowest BCUT2D eigenvalue weighted by Gasteiger charge is -2.13. The molecule has 0 aromatic heterocycles. The molecule has 0 aliphatic rings. The van der Waals surface area contributed by atoms with Gasteiger partial charge in [-0.15, -0.1) is 0 Å². The third-order valence-corrected chi connectivity index (χ3v) is 1.86. The Labute approximate surface area is 78.1 Å². The van der Waals surface area contributed by atoms with Crippen LogP contribution < -0.4 is 5.84 Å². The van der Waals surface area contributed by atoms with E-state index in [0.717, 1.165) is 5.56 Å². The largest absolute Gasteiger partial charge is 0.281 e. The highest BCUT2D eigenvalue weighted by atomic mass is 16.2. The molecule has 1 amide bonds. The predicted molar refractivity (Wildman–Crippen MR) is 51.7 cm³/mol. The van der Waals surface area contributed by atoms with Gasteiger partial charge in [-0.1, -0.05) is 30.3 Å². The van der Waals surface area contributed by atoms with Gasteiger partial charge in [-0.2, -0.15) is 0 Å². The number of carbonyl (C=O) groups excluding carboxylic acids is 1. The van der Waals surface area contributed by atoms with Crippen molar-refractivity contribution in [3.8, 4) is 0 Å². The second kappa shape index (κ2) is 4.62. The highest BCUT2D eigenvalue weighted by Gasteiger charge is 2.06. The molecule has 0 radical (unpaired) electrons. The zero-order valence-corrected chi connectivity index (χ0v) is 7.73. The number of hydrogen-bond donors (Lipinski definition) is 1. The molecule has 0 saturated carbocycles. The molecule has 13 heavy (non-hydrogen) atoms. The van der Waals surface area contributed by atoms with Gasteiger partial charge in [0.25, 0.3) is 0 Å². The monoisotopic (exact) mass is 178 g/mol. The Morgan fingerprint density at radius 3 is 2.54 bits per heavy atom. The van der Waals surface area contributed by atoms with E-state index in [9.17, 15) is 4.79 Å². The van der Waals surface area contributed by atoms with Gasteiger partial charge >= 0.3 is 0 Å². The Hall–Kier alpha value is -1.35. The third kappa shape index (κ3) is 2.87. The van der Waals surface area contributed by atoms with Crippen molar-refractivity contribution in [3.63, 3.8) is 0 Å². The molecular weight excluding hydrogens is 164 g/mol. The summed E-state index contributed by atoms with van der Waals surface area (Å²) in [7, 11) is 0. The maximum absolute atomic E-state index is 11.3. The lowest BCUT2D eigenvalue weighted by molar-refractivity contribution is -0.130. The molecule has 0 unspecified atom stereocenters. The smallest absolute Gasteiger partial charge is 0.240 e. The van der Waals surface area contributed by atoms with E-state index in [1.807, 2.05) is 37.3 Å². The van der Waals surface area contributed by atoms with Gasteiger partial charge in [0.15, 0.2) is 0 Å². The molecule has 0 spiro atoms. The Balaban J connectivity index is 2.55. The first-order chi connectivity index (χ1) is 6.24. The zero-order chi connectivity index (χ0) is 9.68. The normalized spacial score (nSPS) is 9.69. The Kier molecular flexibility index (Phi) is 3.46. The van der Waals surface area contributed by atoms with Gasteiger partial charge in [0.05, 0.1) is 6.42 Å². The fraction of sp³-hybridized carbons (Fsp3) is 0.300. The van der Waals surface area contributed by atoms with E-state index in [4.69, 9.17) is 5.84 Å². The summed E-state index contributed by atoms with van der Waals surface area (Å²) in [5, 5.41) is 1.23. The van der Waals surface area contributed by atoms with Crippen LogP contribution in [-0.4, -0.2) is 17.5 Å². The quantitative estimate of drug-likeness (QED) is 0.425. The highest BCUT2D eigenvalue weighted by Crippen LogP contribution is 2.00. The van der Waals surface area contributed by atoms with Crippen LogP contribution in [0.1, 0.15) is 12.5 Å². The van der Waals surface area contributed by atoms with E-state index in [2.05, 4.69) is 0 Å². The van der Waals surface area contributed by atoms with Gasteiger partial charge in [-0.25, -0.2) is 5.84 Å². The molecule has 1 rings (SSSR count). The summed E-state index contributed by atoms with van der Waals surface area (Å²) in [6, 6.07) is 9.58. The first-order valence-electron chi connectivity index (χ1n) is 4.33. The van der Waals surface area contributed by atoms with Crippen molar-refractivity contribution >= 4 is 5.91 Å². The van der Waals surface area contributed by atoms with Crippen molar-refractivity contribution in [1.29, 1.82) is 0 Å². The summed E-state index contributed by atoms with van der Waals surface area (Å²) in [5.74, 6) is 5.40. The second-order valence-corrected chi connectivity index (χ2v) is 2.84. The van der Waals surface area contributed by atoms with Crippen LogP contribution in [0.2, 0.25) is 0 Å². The summed E-state index contributed by atoms with van der Waals surface area (Å²) in [6.45, 7) is 2.40. The van der Waals surface area contributed by atoms with E-state index < -0.39 is 0 Å². The number of likely N-dealkylation sites (N-methyl/N-ethyl adjacent to an activating group) is 1. The number of amides is 1. The van der Waals surface area contributed by atoms with E-state index in [1.165, 1.54) is 5.01 Å². The lowest BCUT2D eigenvalue weighted by Crippen LogP contribution is -2.38. The number of benzene rings is 1. The number of nitrogens with two attached hydrogens (primary N) is 1. The Morgan fingerprint density at radius 1 is 1.38 bits per heavy atom. The third-order valence-electron chi connectivity index (χ3n) is 1.86. The van der Waals surface area contributed by atoms with Crippen molar-refractivity contribution in [2.45, 2.75) is 13.3 Å². The molecule has 0 saturated heterocycles. The van der Waals surface area contributed by atoms with E-state index in [1.54, 1.807) is 0 Å². The molecule has 0 bridgehead atoms. The lowest BCUT2D eigenvalue weighted by atomic mass is 10.1. The molecular formula is C10H14N2O. The van der Waals surface area contributed by atoms with Crippen LogP contribution in [0.25, 0.3) is 0 Å². The summed E-state index contributed by atoms with van der Waals surface area (Å²) in [6.07, 6.45) is 0.380. The van der Waals surface area contributed by atoms with Gasteiger partial charge in [0, 0.05) is 6.54 Å². The molecule has 0 fully saturated rings. The summed E-state index contributed by atoms with van der Waals surface area (Å²) >= 11 is 0. The van der Waals surface area contributed by atoms with Gasteiger partial charge in [0.1, 0.15) is 0 Å². The number of rotatable bonds is 3. The van der Waals surface area contributed by atoms with Crippen LogP contribution in [0.3, 0.4) is 0 Å². The number of hydrogen-bond acceptors (Lipinski definition) is 2. The second-order valence-electron chi connectivity index (χ2n) is 2.84. The van der Waals surface area contributed by atoms with Crippen molar-refractivity contribution < 1.29 is 4.79 Å². The molecule has 1 aromatic rings. The van der Waals surface area contributed by atoms with Crippen LogP contribution in [-0.2, 0) is 11.2 Å². The number of carbonyl (C=O) groups is 1. The Morgan fingerprint density at radius 2 is 2.00 bits per heavy atom. The van der Waals surface area contributed by atoms with Crippen LogP contribution in [0.4, 0.5) is 0 Å². The fourth-order valence-corrected chi connectivity index (χ4v) is 1.05. The average molecular weight is 178 g/mol. The predicted octanol–water partition coefficient (Wildman–Crippen LogP) is 0.951. The molecule has 1 aromatic carbocycles.